The minimum Gasteiger partial charge on any atom is -0.449 e. The van der Waals surface area contributed by atoms with Gasteiger partial charge in [0.2, 0.25) is 5.91 Å². The van der Waals surface area contributed by atoms with Crippen molar-refractivity contribution in [2.24, 2.45) is 5.73 Å². The van der Waals surface area contributed by atoms with Crippen molar-refractivity contribution >= 4 is 12.9 Å². The molecule has 0 aromatic carbocycles. The van der Waals surface area contributed by atoms with Crippen LogP contribution in [0.1, 0.15) is 15.9 Å². The van der Waals surface area contributed by atoms with Crippen LogP contribution in [0.2, 0.25) is 0 Å². The van der Waals surface area contributed by atoms with Gasteiger partial charge >= 0.3 is 58.4 Å². The number of primary amides is 1. The molecule has 1 aromatic heterocycles. The molecule has 0 bridgehead atoms. The number of carbonyl (C=O) groups is 1. The van der Waals surface area contributed by atoms with E-state index in [1.54, 1.807) is 0 Å². The molecule has 1 aromatic rings. The summed E-state index contributed by atoms with van der Waals surface area (Å²) in [6.07, 6.45) is 1.16. The Morgan fingerprint density at radius 1 is 1.40 bits per heavy atom. The van der Waals surface area contributed by atoms with Crippen molar-refractivity contribution in [3.8, 4) is 0 Å². The number of halogens is 3. The molecule has 0 aliphatic heterocycles. The molecule has 0 saturated heterocycles. The van der Waals surface area contributed by atoms with E-state index >= 15 is 0 Å². The molecule has 0 unspecified atom stereocenters. The first-order valence-corrected chi connectivity index (χ1v) is 3.83. The SMILES string of the molecule is NC(=O)c1cncc(C[B-](F)(F)F)c1.[K+]. The van der Waals surface area contributed by atoms with E-state index in [4.69, 9.17) is 5.73 Å². The summed E-state index contributed by atoms with van der Waals surface area (Å²) in [7, 11) is 0. The van der Waals surface area contributed by atoms with E-state index in [0.29, 0.717) is 0 Å². The number of hydrogen-bond acceptors (Lipinski definition) is 2. The van der Waals surface area contributed by atoms with E-state index in [1.807, 2.05) is 0 Å². The number of rotatable bonds is 3. The molecule has 3 nitrogen and oxygen atoms in total. The van der Waals surface area contributed by atoms with Gasteiger partial charge in [0.15, 0.2) is 0 Å². The van der Waals surface area contributed by atoms with Gasteiger partial charge in [0.1, 0.15) is 0 Å². The van der Waals surface area contributed by atoms with Gasteiger partial charge in [-0.1, -0.05) is 11.9 Å². The van der Waals surface area contributed by atoms with Crippen molar-refractivity contribution in [3.63, 3.8) is 0 Å². The molecule has 1 heterocycles. The fourth-order valence-corrected chi connectivity index (χ4v) is 1.00. The van der Waals surface area contributed by atoms with Crippen molar-refractivity contribution < 1.29 is 69.1 Å². The van der Waals surface area contributed by atoms with Crippen LogP contribution in [0.25, 0.3) is 0 Å². The molecule has 2 N–H and O–H groups in total. The molecule has 0 fully saturated rings. The monoisotopic (exact) mass is 242 g/mol. The van der Waals surface area contributed by atoms with Gasteiger partial charge < -0.3 is 18.7 Å². The Hall–Kier alpha value is 0.111. The maximum Gasteiger partial charge on any atom is 1.00 e. The van der Waals surface area contributed by atoms with Gasteiger partial charge in [-0.15, -0.1) is 0 Å². The fraction of sp³-hybridized carbons (Fsp3) is 0.143. The number of nitrogens with zero attached hydrogens (tertiary/aromatic N) is 1. The predicted octanol–water partition coefficient (Wildman–Crippen LogP) is -1.89. The number of nitrogens with two attached hydrogens (primary N) is 1. The van der Waals surface area contributed by atoms with Crippen LogP contribution in [0.4, 0.5) is 12.9 Å². The van der Waals surface area contributed by atoms with Gasteiger partial charge in [-0.3, -0.25) is 9.78 Å². The average molecular weight is 242 g/mol. The fourth-order valence-electron chi connectivity index (χ4n) is 1.00. The Bertz CT molecular complexity index is 358. The largest absolute Gasteiger partial charge is 1.00 e. The van der Waals surface area contributed by atoms with Crippen molar-refractivity contribution in [3.05, 3.63) is 29.6 Å². The Balaban J connectivity index is 0.00000196. The summed E-state index contributed by atoms with van der Waals surface area (Å²) in [5, 5.41) is 0. The molecule has 0 aliphatic carbocycles. The summed E-state index contributed by atoms with van der Waals surface area (Å²) >= 11 is 0. The first-order valence-electron chi connectivity index (χ1n) is 3.83. The quantitative estimate of drug-likeness (QED) is 0.630. The zero-order valence-corrected chi connectivity index (χ0v) is 11.2. The smallest absolute Gasteiger partial charge is 0.449 e. The Labute approximate surface area is 127 Å². The van der Waals surface area contributed by atoms with Crippen molar-refractivity contribution in [2.75, 3.05) is 0 Å². The van der Waals surface area contributed by atoms with E-state index in [0.717, 1.165) is 18.5 Å². The van der Waals surface area contributed by atoms with E-state index in [1.165, 1.54) is 0 Å². The van der Waals surface area contributed by atoms with Gasteiger partial charge in [0.05, 0.1) is 5.56 Å². The summed E-state index contributed by atoms with van der Waals surface area (Å²) in [5.74, 6) is -0.783. The van der Waals surface area contributed by atoms with E-state index < -0.39 is 19.2 Å². The molecule has 0 aliphatic rings. The second kappa shape index (κ2) is 6.00. The standard InChI is InChI=1S/C7H7BF3N2O.K/c9-8(10,11)2-5-1-6(7(12)14)4-13-3-5;/h1,3-4H,2H2,(H2,12,14);/q-1;+1. The second-order valence-electron chi connectivity index (χ2n) is 2.86. The molecule has 1 rings (SSSR count). The summed E-state index contributed by atoms with van der Waals surface area (Å²) < 4.78 is 36.0. The van der Waals surface area contributed by atoms with Crippen molar-refractivity contribution in [2.45, 2.75) is 6.32 Å². The summed E-state index contributed by atoms with van der Waals surface area (Å²) in [6.45, 7) is -4.91. The summed E-state index contributed by atoms with van der Waals surface area (Å²) in [4.78, 5) is 14.1. The van der Waals surface area contributed by atoms with Gasteiger partial charge in [0, 0.05) is 12.4 Å². The number of aromatic nitrogens is 1. The number of hydrogen-bond donors (Lipinski definition) is 1. The molecule has 0 radical (unpaired) electrons. The van der Waals surface area contributed by atoms with Crippen molar-refractivity contribution in [1.29, 1.82) is 0 Å². The zero-order valence-electron chi connectivity index (χ0n) is 8.08. The number of amides is 1. The molecule has 0 spiro atoms. The third-order valence-electron chi connectivity index (χ3n) is 1.55. The van der Waals surface area contributed by atoms with Gasteiger partial charge in [-0.2, -0.15) is 0 Å². The first-order chi connectivity index (χ1) is 6.38. The Morgan fingerprint density at radius 2 is 2.00 bits per heavy atom. The molecule has 0 saturated carbocycles. The van der Waals surface area contributed by atoms with E-state index in [-0.39, 0.29) is 62.5 Å². The number of carbonyl (C=O) groups excluding carboxylic acids is 1. The molecular weight excluding hydrogens is 235 g/mol. The maximum atomic E-state index is 12.0. The van der Waals surface area contributed by atoms with Crippen LogP contribution in [-0.4, -0.2) is 17.9 Å². The van der Waals surface area contributed by atoms with Gasteiger partial charge in [0.25, 0.3) is 0 Å². The molecule has 76 valence electrons. The van der Waals surface area contributed by atoms with Crippen LogP contribution in [-0.2, 0) is 6.32 Å². The molecule has 15 heavy (non-hydrogen) atoms. The van der Waals surface area contributed by atoms with Crippen LogP contribution < -0.4 is 57.1 Å². The topological polar surface area (TPSA) is 56.0 Å². The zero-order chi connectivity index (χ0) is 10.8. The van der Waals surface area contributed by atoms with E-state index in [9.17, 15) is 17.7 Å². The minimum absolute atomic E-state index is 0. The van der Waals surface area contributed by atoms with Crippen molar-refractivity contribution in [1.82, 2.24) is 4.98 Å². The molecule has 1 amide bonds. The van der Waals surface area contributed by atoms with Crippen LogP contribution in [0, 0.1) is 0 Å². The predicted molar refractivity (Wildman–Crippen MR) is 45.5 cm³/mol. The Kier molecular flexibility index (Phi) is 6.04. The summed E-state index contributed by atoms with van der Waals surface area (Å²) in [6, 6.07) is 1.10. The molecule has 0 atom stereocenters. The minimum atomic E-state index is -4.91. The molecular formula is C7H7BF3KN2O. The average Bonchev–Trinajstić information content (AvgIpc) is 2.01. The van der Waals surface area contributed by atoms with Crippen LogP contribution in [0.5, 0.6) is 0 Å². The van der Waals surface area contributed by atoms with Gasteiger partial charge in [-0.25, -0.2) is 0 Å². The maximum absolute atomic E-state index is 12.0. The first kappa shape index (κ1) is 15.1. The van der Waals surface area contributed by atoms with Crippen LogP contribution >= 0.6 is 0 Å². The third kappa shape index (κ3) is 5.67. The third-order valence-corrected chi connectivity index (χ3v) is 1.55. The number of pyridine rings is 1. The van der Waals surface area contributed by atoms with Crippen LogP contribution in [0.15, 0.2) is 18.5 Å². The van der Waals surface area contributed by atoms with Gasteiger partial charge in [-0.05, 0) is 6.07 Å². The van der Waals surface area contributed by atoms with E-state index in [2.05, 4.69) is 4.98 Å². The molecule has 8 heteroatoms. The summed E-state index contributed by atoms with van der Waals surface area (Å²) in [5.41, 5.74) is 4.83. The Morgan fingerprint density at radius 3 is 2.47 bits per heavy atom. The van der Waals surface area contributed by atoms with Crippen LogP contribution in [0.3, 0.4) is 0 Å². The second-order valence-corrected chi connectivity index (χ2v) is 2.86. The normalized spacial score (nSPS) is 10.6.